The number of nitrogens with zero attached hydrogens (tertiary/aromatic N) is 2. The normalized spacial score (nSPS) is 10.7. The van der Waals surface area contributed by atoms with Crippen LogP contribution in [0.5, 0.6) is 0 Å². The fourth-order valence-electron chi connectivity index (χ4n) is 1.79. The predicted octanol–water partition coefficient (Wildman–Crippen LogP) is 3.09. The molecule has 2 aromatic rings. The van der Waals surface area contributed by atoms with Gasteiger partial charge in [0.2, 0.25) is 0 Å². The number of aryl methyl sites for hydroxylation is 1. The summed E-state index contributed by atoms with van der Waals surface area (Å²) in [6.45, 7) is 6.05. The van der Waals surface area contributed by atoms with E-state index >= 15 is 0 Å². The Kier molecular flexibility index (Phi) is 3.41. The molecule has 0 amide bonds. The van der Waals surface area contributed by atoms with Crippen molar-refractivity contribution in [2.75, 3.05) is 0 Å². The van der Waals surface area contributed by atoms with Gasteiger partial charge in [0.15, 0.2) is 0 Å². The van der Waals surface area contributed by atoms with E-state index in [9.17, 15) is 0 Å². The Labute approximate surface area is 117 Å². The number of thiocarbonyl (C=S) groups is 1. The van der Waals surface area contributed by atoms with Gasteiger partial charge in [-0.25, -0.2) is 4.68 Å². The third kappa shape index (κ3) is 2.13. The highest BCUT2D eigenvalue weighted by molar-refractivity contribution is 7.80. The molecule has 0 radical (unpaired) electrons. The molecule has 1 aromatic carbocycles. The van der Waals surface area contributed by atoms with Crippen LogP contribution in [-0.4, -0.2) is 14.8 Å². The first kappa shape index (κ1) is 13.1. The quantitative estimate of drug-likeness (QED) is 0.859. The van der Waals surface area contributed by atoms with Gasteiger partial charge in [0, 0.05) is 11.3 Å². The maximum Gasteiger partial charge on any atom is 0.104 e. The summed E-state index contributed by atoms with van der Waals surface area (Å²) in [5, 5.41) is 5.07. The molecule has 5 heteroatoms. The fourth-order valence-corrected chi connectivity index (χ4v) is 2.17. The second-order valence-electron chi connectivity index (χ2n) is 4.24. The smallest absolute Gasteiger partial charge is 0.104 e. The molecule has 0 fully saturated rings. The maximum absolute atomic E-state index is 6.27. The van der Waals surface area contributed by atoms with Crippen molar-refractivity contribution in [2.24, 2.45) is 5.73 Å². The average Bonchev–Trinajstić information content (AvgIpc) is 2.57. The Morgan fingerprint density at radius 1 is 1.33 bits per heavy atom. The summed E-state index contributed by atoms with van der Waals surface area (Å²) in [4.78, 5) is 0.341. The molecule has 3 nitrogen and oxygen atoms in total. The highest BCUT2D eigenvalue weighted by atomic mass is 35.5. The van der Waals surface area contributed by atoms with Gasteiger partial charge in [0.05, 0.1) is 16.4 Å². The van der Waals surface area contributed by atoms with Crippen molar-refractivity contribution in [3.63, 3.8) is 0 Å². The second kappa shape index (κ2) is 4.71. The summed E-state index contributed by atoms with van der Waals surface area (Å²) >= 11 is 11.2. The second-order valence-corrected chi connectivity index (χ2v) is 5.09. The Morgan fingerprint density at radius 3 is 2.44 bits per heavy atom. The van der Waals surface area contributed by atoms with E-state index in [1.807, 2.05) is 37.6 Å². The first-order valence-electron chi connectivity index (χ1n) is 5.54. The Bertz CT molecular complexity index is 631. The fraction of sp³-hybridized carbons (Fsp3) is 0.231. The Balaban J connectivity index is 2.58. The molecule has 0 saturated carbocycles. The lowest BCUT2D eigenvalue weighted by Gasteiger charge is -2.08. The van der Waals surface area contributed by atoms with Gasteiger partial charge in [-0.1, -0.05) is 23.8 Å². The zero-order valence-corrected chi connectivity index (χ0v) is 12.1. The van der Waals surface area contributed by atoms with Gasteiger partial charge in [0.25, 0.3) is 0 Å². The molecule has 0 aliphatic rings. The molecule has 0 unspecified atom stereocenters. The van der Waals surface area contributed by atoms with Crippen LogP contribution in [0, 0.1) is 20.8 Å². The van der Waals surface area contributed by atoms with Crippen molar-refractivity contribution in [1.82, 2.24) is 9.78 Å². The lowest BCUT2D eigenvalue weighted by Crippen LogP contribution is -2.10. The van der Waals surface area contributed by atoms with Crippen LogP contribution in [0.25, 0.3) is 5.69 Å². The zero-order valence-electron chi connectivity index (χ0n) is 10.5. The lowest BCUT2D eigenvalue weighted by atomic mass is 10.2. The summed E-state index contributed by atoms with van der Waals surface area (Å²) in [6.07, 6.45) is 0. The number of halogens is 1. The summed E-state index contributed by atoms with van der Waals surface area (Å²) in [5.74, 6) is 0. The molecule has 2 N–H and O–H groups in total. The third-order valence-corrected chi connectivity index (χ3v) is 3.65. The number of nitrogens with two attached hydrogens (primary N) is 1. The number of rotatable bonds is 2. The van der Waals surface area contributed by atoms with E-state index in [-0.39, 0.29) is 0 Å². The Morgan fingerprint density at radius 2 is 2.00 bits per heavy atom. The minimum absolute atomic E-state index is 0.341. The molecule has 1 aromatic heterocycles. The molecule has 0 bridgehead atoms. The predicted molar refractivity (Wildman–Crippen MR) is 78.7 cm³/mol. The third-order valence-electron chi connectivity index (χ3n) is 3.11. The number of hydrogen-bond acceptors (Lipinski definition) is 2. The monoisotopic (exact) mass is 279 g/mol. The summed E-state index contributed by atoms with van der Waals surface area (Å²) < 4.78 is 1.84. The van der Waals surface area contributed by atoms with E-state index in [0.29, 0.717) is 10.0 Å². The first-order valence-corrected chi connectivity index (χ1v) is 6.33. The topological polar surface area (TPSA) is 43.8 Å². The van der Waals surface area contributed by atoms with Crippen LogP contribution < -0.4 is 5.73 Å². The van der Waals surface area contributed by atoms with Gasteiger partial charge in [-0.15, -0.1) is 0 Å². The van der Waals surface area contributed by atoms with Crippen LogP contribution in [0.4, 0.5) is 0 Å². The lowest BCUT2D eigenvalue weighted by molar-refractivity contribution is 0.833. The molecule has 0 saturated heterocycles. The van der Waals surface area contributed by atoms with E-state index in [2.05, 4.69) is 5.10 Å². The van der Waals surface area contributed by atoms with Crippen LogP contribution in [-0.2, 0) is 0 Å². The van der Waals surface area contributed by atoms with Gasteiger partial charge in [-0.3, -0.25) is 0 Å². The van der Waals surface area contributed by atoms with Crippen molar-refractivity contribution >= 4 is 28.8 Å². The number of hydrogen-bond donors (Lipinski definition) is 1. The van der Waals surface area contributed by atoms with Crippen LogP contribution in [0.1, 0.15) is 22.5 Å². The van der Waals surface area contributed by atoms with Crippen molar-refractivity contribution < 1.29 is 0 Å². The van der Waals surface area contributed by atoms with E-state index < -0.39 is 0 Å². The highest BCUT2D eigenvalue weighted by Crippen LogP contribution is 2.24. The molecule has 1 heterocycles. The summed E-state index contributed by atoms with van der Waals surface area (Å²) in [6, 6.07) is 5.51. The van der Waals surface area contributed by atoms with Gasteiger partial charge in [-0.05, 0) is 44.5 Å². The van der Waals surface area contributed by atoms with Crippen molar-refractivity contribution in [3.8, 4) is 5.69 Å². The van der Waals surface area contributed by atoms with Crippen molar-refractivity contribution in [3.05, 3.63) is 45.7 Å². The van der Waals surface area contributed by atoms with Gasteiger partial charge in [0.1, 0.15) is 4.99 Å². The molecule has 0 aliphatic heterocycles. The minimum atomic E-state index is 0.341. The van der Waals surface area contributed by atoms with Gasteiger partial charge < -0.3 is 5.73 Å². The van der Waals surface area contributed by atoms with E-state index in [1.165, 1.54) is 5.56 Å². The first-order chi connectivity index (χ1) is 8.41. The van der Waals surface area contributed by atoms with Crippen LogP contribution in [0.15, 0.2) is 18.2 Å². The maximum atomic E-state index is 6.27. The molecular formula is C13H14ClN3S. The van der Waals surface area contributed by atoms with E-state index in [4.69, 9.17) is 29.6 Å². The largest absolute Gasteiger partial charge is 0.389 e. The minimum Gasteiger partial charge on any atom is -0.389 e. The van der Waals surface area contributed by atoms with E-state index in [0.717, 1.165) is 22.6 Å². The average molecular weight is 280 g/mol. The molecule has 0 spiro atoms. The SMILES string of the molecule is Cc1nn(-c2ccc(C(N)=S)cc2Cl)c(C)c1C. The summed E-state index contributed by atoms with van der Waals surface area (Å²) in [7, 11) is 0. The molecule has 0 aliphatic carbocycles. The molecule has 0 atom stereocenters. The van der Waals surface area contributed by atoms with Crippen LogP contribution in [0.2, 0.25) is 5.02 Å². The molecule has 94 valence electrons. The molecule has 18 heavy (non-hydrogen) atoms. The van der Waals surface area contributed by atoms with Gasteiger partial charge in [-0.2, -0.15) is 5.10 Å². The van der Waals surface area contributed by atoms with Crippen LogP contribution in [0.3, 0.4) is 0 Å². The van der Waals surface area contributed by atoms with E-state index in [1.54, 1.807) is 6.07 Å². The van der Waals surface area contributed by atoms with Crippen molar-refractivity contribution in [2.45, 2.75) is 20.8 Å². The van der Waals surface area contributed by atoms with Gasteiger partial charge >= 0.3 is 0 Å². The van der Waals surface area contributed by atoms with Crippen molar-refractivity contribution in [1.29, 1.82) is 0 Å². The van der Waals surface area contributed by atoms with Crippen LogP contribution >= 0.6 is 23.8 Å². The molecule has 2 rings (SSSR count). The standard InChI is InChI=1S/C13H14ClN3S/c1-7-8(2)16-17(9(7)3)12-5-4-10(13(15)18)6-11(12)14/h4-6H,1-3H3,(H2,15,18). The Hall–Kier alpha value is -1.39. The molecular weight excluding hydrogens is 266 g/mol. The number of benzene rings is 1. The summed E-state index contributed by atoms with van der Waals surface area (Å²) in [5.41, 5.74) is 10.4. The highest BCUT2D eigenvalue weighted by Gasteiger charge is 2.12. The zero-order chi connectivity index (χ0) is 13.4. The number of aromatic nitrogens is 2.